The highest BCUT2D eigenvalue weighted by atomic mass is 35.5. The lowest BCUT2D eigenvalue weighted by molar-refractivity contribution is -0.119. The van der Waals surface area contributed by atoms with E-state index in [1.54, 1.807) is 11.8 Å². The summed E-state index contributed by atoms with van der Waals surface area (Å²) in [4.78, 5) is 12.2. The highest BCUT2D eigenvalue weighted by Crippen LogP contribution is 2.29. The van der Waals surface area contributed by atoms with Gasteiger partial charge in [0.15, 0.2) is 0 Å². The molecule has 0 aliphatic heterocycles. The molecule has 1 unspecified atom stereocenters. The van der Waals surface area contributed by atoms with Crippen molar-refractivity contribution in [2.75, 3.05) is 5.75 Å². The van der Waals surface area contributed by atoms with E-state index in [9.17, 15) is 4.79 Å². The first-order valence-corrected chi connectivity index (χ1v) is 9.45. The Morgan fingerprint density at radius 1 is 1.22 bits per heavy atom. The maximum absolute atomic E-state index is 12.2. The highest BCUT2D eigenvalue weighted by Gasteiger charge is 2.21. The molecule has 0 fully saturated rings. The quantitative estimate of drug-likeness (QED) is 0.845. The van der Waals surface area contributed by atoms with Crippen LogP contribution in [0.4, 0.5) is 0 Å². The van der Waals surface area contributed by atoms with Gasteiger partial charge in [0, 0.05) is 10.8 Å². The predicted octanol–water partition coefficient (Wildman–Crippen LogP) is 4.77. The van der Waals surface area contributed by atoms with Crippen molar-refractivity contribution in [1.82, 2.24) is 5.32 Å². The lowest BCUT2D eigenvalue weighted by Gasteiger charge is -2.26. The Balaban J connectivity index is 1.50. The molecule has 4 heteroatoms. The number of fused-ring (bicyclic) bond motifs is 1. The molecule has 1 amide bonds. The topological polar surface area (TPSA) is 29.1 Å². The second-order valence-corrected chi connectivity index (χ2v) is 7.26. The highest BCUT2D eigenvalue weighted by molar-refractivity contribution is 7.99. The third-order valence-corrected chi connectivity index (χ3v) is 5.33. The van der Waals surface area contributed by atoms with E-state index in [4.69, 9.17) is 11.6 Å². The molecule has 0 aromatic heterocycles. The van der Waals surface area contributed by atoms with Crippen molar-refractivity contribution in [3.8, 4) is 0 Å². The molecule has 0 saturated carbocycles. The predicted molar refractivity (Wildman–Crippen MR) is 97.9 cm³/mol. The van der Waals surface area contributed by atoms with E-state index in [-0.39, 0.29) is 11.9 Å². The normalized spacial score (nSPS) is 16.7. The summed E-state index contributed by atoms with van der Waals surface area (Å²) in [5, 5.41) is 3.93. The van der Waals surface area contributed by atoms with Crippen LogP contribution in [0.5, 0.6) is 0 Å². The van der Waals surface area contributed by atoms with Gasteiger partial charge in [-0.3, -0.25) is 4.79 Å². The number of amides is 1. The van der Waals surface area contributed by atoms with E-state index in [1.807, 2.05) is 24.3 Å². The first-order chi connectivity index (χ1) is 11.2. The lowest BCUT2D eigenvalue weighted by Crippen LogP contribution is -2.32. The van der Waals surface area contributed by atoms with Gasteiger partial charge in [0.1, 0.15) is 0 Å². The molecule has 120 valence electrons. The average Bonchev–Trinajstić information content (AvgIpc) is 2.55. The van der Waals surface area contributed by atoms with Crippen LogP contribution in [0.25, 0.3) is 0 Å². The average molecular weight is 346 g/mol. The number of rotatable bonds is 5. The van der Waals surface area contributed by atoms with E-state index >= 15 is 0 Å². The molecule has 0 radical (unpaired) electrons. The summed E-state index contributed by atoms with van der Waals surface area (Å²) in [6.45, 7) is 0. The zero-order valence-corrected chi connectivity index (χ0v) is 14.5. The fourth-order valence-corrected chi connectivity index (χ4v) is 4.03. The largest absolute Gasteiger partial charge is 0.349 e. The molecule has 1 N–H and O–H groups in total. The number of halogens is 1. The van der Waals surface area contributed by atoms with Gasteiger partial charge in [-0.25, -0.2) is 0 Å². The number of aryl methyl sites for hydroxylation is 1. The molecule has 3 rings (SSSR count). The van der Waals surface area contributed by atoms with Crippen molar-refractivity contribution in [3.05, 3.63) is 70.2 Å². The molecule has 0 heterocycles. The molecular formula is C19H20ClNOS. The van der Waals surface area contributed by atoms with Crippen LogP contribution in [-0.2, 0) is 17.0 Å². The van der Waals surface area contributed by atoms with Crippen molar-refractivity contribution in [3.63, 3.8) is 0 Å². The monoisotopic (exact) mass is 345 g/mol. The molecule has 0 spiro atoms. The number of benzene rings is 2. The zero-order chi connectivity index (χ0) is 16.1. The minimum atomic E-state index is 0.110. The summed E-state index contributed by atoms with van der Waals surface area (Å²) < 4.78 is 0. The Hall–Kier alpha value is -1.45. The number of hydrogen-bond donors (Lipinski definition) is 1. The summed E-state index contributed by atoms with van der Waals surface area (Å²) in [5.41, 5.74) is 3.81. The minimum Gasteiger partial charge on any atom is -0.349 e. The zero-order valence-electron chi connectivity index (χ0n) is 12.9. The second-order valence-electron chi connectivity index (χ2n) is 5.83. The molecule has 2 aromatic rings. The summed E-state index contributed by atoms with van der Waals surface area (Å²) >= 11 is 7.60. The summed E-state index contributed by atoms with van der Waals surface area (Å²) in [7, 11) is 0. The first kappa shape index (κ1) is 16.4. The lowest BCUT2D eigenvalue weighted by atomic mass is 9.88. The molecule has 1 aliphatic rings. The van der Waals surface area contributed by atoms with Crippen molar-refractivity contribution in [2.45, 2.75) is 31.1 Å². The number of thioether (sulfide) groups is 1. The van der Waals surface area contributed by atoms with Gasteiger partial charge in [-0.15, -0.1) is 11.8 Å². The van der Waals surface area contributed by atoms with Gasteiger partial charge in [-0.05, 0) is 48.1 Å². The van der Waals surface area contributed by atoms with Gasteiger partial charge in [0.25, 0.3) is 0 Å². The van der Waals surface area contributed by atoms with Crippen LogP contribution in [0.1, 0.15) is 35.6 Å². The van der Waals surface area contributed by atoms with Gasteiger partial charge < -0.3 is 5.32 Å². The fraction of sp³-hybridized carbons (Fsp3) is 0.316. The summed E-state index contributed by atoms with van der Waals surface area (Å²) in [6.07, 6.45) is 3.28. The first-order valence-electron chi connectivity index (χ1n) is 7.92. The Morgan fingerprint density at radius 3 is 2.96 bits per heavy atom. The minimum absolute atomic E-state index is 0.110. The number of carbonyl (C=O) groups is 1. The van der Waals surface area contributed by atoms with Crippen LogP contribution in [0.3, 0.4) is 0 Å². The third kappa shape index (κ3) is 4.52. The number of carbonyl (C=O) groups excluding carboxylic acids is 1. The number of nitrogens with one attached hydrogen (secondary N) is 1. The second kappa shape index (κ2) is 7.89. The Bertz CT molecular complexity index is 689. The summed E-state index contributed by atoms with van der Waals surface area (Å²) in [6, 6.07) is 16.4. The van der Waals surface area contributed by atoms with Gasteiger partial charge >= 0.3 is 0 Å². The van der Waals surface area contributed by atoms with Gasteiger partial charge in [0.05, 0.1) is 11.8 Å². The van der Waals surface area contributed by atoms with Crippen LogP contribution in [0, 0.1) is 0 Å². The Morgan fingerprint density at radius 2 is 2.09 bits per heavy atom. The van der Waals surface area contributed by atoms with Crippen LogP contribution in [0.2, 0.25) is 5.02 Å². The molecule has 0 bridgehead atoms. The standard InChI is InChI=1S/C19H20ClNOS/c20-16-8-3-5-14(11-16)12-23-13-19(22)21-18-10-4-7-15-6-1-2-9-17(15)18/h1-3,5-6,8-9,11,18H,4,7,10,12-13H2,(H,21,22). The van der Waals surface area contributed by atoms with Crippen LogP contribution >= 0.6 is 23.4 Å². The maximum Gasteiger partial charge on any atom is 0.230 e. The van der Waals surface area contributed by atoms with Gasteiger partial charge in [-0.2, -0.15) is 0 Å². The Labute approximate surface area is 146 Å². The summed E-state index contributed by atoms with van der Waals surface area (Å²) in [5.74, 6) is 1.39. The van der Waals surface area contributed by atoms with E-state index in [0.29, 0.717) is 5.75 Å². The van der Waals surface area contributed by atoms with Gasteiger partial charge in [-0.1, -0.05) is 48.0 Å². The number of hydrogen-bond acceptors (Lipinski definition) is 2. The van der Waals surface area contributed by atoms with Crippen LogP contribution in [0.15, 0.2) is 48.5 Å². The molecular weight excluding hydrogens is 326 g/mol. The maximum atomic E-state index is 12.2. The molecule has 2 aromatic carbocycles. The van der Waals surface area contributed by atoms with Crippen molar-refractivity contribution >= 4 is 29.3 Å². The molecule has 23 heavy (non-hydrogen) atoms. The van der Waals surface area contributed by atoms with E-state index in [0.717, 1.165) is 35.6 Å². The van der Waals surface area contributed by atoms with Crippen LogP contribution in [-0.4, -0.2) is 11.7 Å². The van der Waals surface area contributed by atoms with Crippen molar-refractivity contribution in [1.29, 1.82) is 0 Å². The van der Waals surface area contributed by atoms with Crippen molar-refractivity contribution in [2.24, 2.45) is 0 Å². The smallest absolute Gasteiger partial charge is 0.230 e. The van der Waals surface area contributed by atoms with E-state index in [2.05, 4.69) is 29.6 Å². The third-order valence-electron chi connectivity index (χ3n) is 4.10. The molecule has 1 aliphatic carbocycles. The molecule has 0 saturated heterocycles. The van der Waals surface area contributed by atoms with E-state index < -0.39 is 0 Å². The van der Waals surface area contributed by atoms with Crippen LogP contribution < -0.4 is 5.32 Å². The molecule has 2 nitrogen and oxygen atoms in total. The Kier molecular flexibility index (Phi) is 5.63. The van der Waals surface area contributed by atoms with Gasteiger partial charge in [0.2, 0.25) is 5.91 Å². The van der Waals surface area contributed by atoms with E-state index in [1.165, 1.54) is 11.1 Å². The fourth-order valence-electron chi connectivity index (χ4n) is 3.03. The molecule has 1 atom stereocenters. The SMILES string of the molecule is O=C(CSCc1cccc(Cl)c1)NC1CCCc2ccccc21. The van der Waals surface area contributed by atoms with Crippen molar-refractivity contribution < 1.29 is 4.79 Å².